The molecule has 0 aliphatic carbocycles. The fraction of sp³-hybridized carbons (Fsp3) is 0.650. The van der Waals surface area contributed by atoms with Crippen LogP contribution in [0.1, 0.15) is 31.7 Å². The van der Waals surface area contributed by atoms with Gasteiger partial charge in [-0.05, 0) is 31.2 Å². The maximum Gasteiger partial charge on any atom is 0.191 e. The van der Waals surface area contributed by atoms with Gasteiger partial charge >= 0.3 is 0 Å². The number of hydrogen-bond donors (Lipinski definition) is 2. The summed E-state index contributed by atoms with van der Waals surface area (Å²) in [6.45, 7) is 7.07. The Morgan fingerprint density at radius 1 is 1.15 bits per heavy atom. The van der Waals surface area contributed by atoms with Crippen molar-refractivity contribution in [3.8, 4) is 5.75 Å². The average Bonchev–Trinajstić information content (AvgIpc) is 2.66. The summed E-state index contributed by atoms with van der Waals surface area (Å²) in [4.78, 5) is 6.46. The van der Waals surface area contributed by atoms with Crippen LogP contribution in [0.3, 0.4) is 0 Å². The summed E-state index contributed by atoms with van der Waals surface area (Å²) < 4.78 is 10.9. The molecule has 0 fully saturated rings. The van der Waals surface area contributed by atoms with Crippen molar-refractivity contribution in [2.75, 3.05) is 54.1 Å². The van der Waals surface area contributed by atoms with Crippen LogP contribution in [-0.2, 0) is 11.3 Å². The van der Waals surface area contributed by atoms with Crippen LogP contribution in [0.25, 0.3) is 0 Å². The highest BCUT2D eigenvalue weighted by Crippen LogP contribution is 2.13. The largest absolute Gasteiger partial charge is 0.492 e. The molecule has 2 N–H and O–H groups in total. The van der Waals surface area contributed by atoms with Gasteiger partial charge in [-0.3, -0.25) is 4.99 Å². The maximum absolute atomic E-state index is 5.87. The van der Waals surface area contributed by atoms with Crippen molar-refractivity contribution < 1.29 is 9.47 Å². The molecule has 0 unspecified atom stereocenters. The number of halogens is 1. The molecule has 0 bridgehead atoms. The van der Waals surface area contributed by atoms with Crippen LogP contribution in [0.2, 0.25) is 0 Å². The lowest BCUT2D eigenvalue weighted by molar-refractivity contribution is 0.150. The van der Waals surface area contributed by atoms with Crippen LogP contribution in [-0.4, -0.2) is 64.9 Å². The second-order valence-electron chi connectivity index (χ2n) is 6.35. The summed E-state index contributed by atoms with van der Waals surface area (Å²) in [5, 5.41) is 6.69. The van der Waals surface area contributed by atoms with Crippen LogP contribution in [0.5, 0.6) is 5.75 Å². The summed E-state index contributed by atoms with van der Waals surface area (Å²) in [5.74, 6) is 1.74. The van der Waals surface area contributed by atoms with E-state index in [2.05, 4.69) is 46.6 Å². The average molecular weight is 492 g/mol. The number of hydrogen-bond acceptors (Lipinski definition) is 4. The number of nitrogens with one attached hydrogen (secondary N) is 2. The minimum absolute atomic E-state index is 0. The first-order chi connectivity index (χ1) is 12.7. The molecule has 27 heavy (non-hydrogen) atoms. The van der Waals surface area contributed by atoms with Crippen LogP contribution in [0.15, 0.2) is 29.3 Å². The quantitative estimate of drug-likeness (QED) is 0.192. The third-order valence-electron chi connectivity index (χ3n) is 4.07. The van der Waals surface area contributed by atoms with Gasteiger partial charge in [0.1, 0.15) is 12.4 Å². The van der Waals surface area contributed by atoms with Crippen LogP contribution in [0, 0.1) is 0 Å². The number of methoxy groups -OCH3 is 1. The monoisotopic (exact) mass is 492 g/mol. The Kier molecular flexibility index (Phi) is 16.4. The van der Waals surface area contributed by atoms with E-state index in [0.717, 1.165) is 44.5 Å². The van der Waals surface area contributed by atoms with Gasteiger partial charge < -0.3 is 25.0 Å². The molecule has 0 spiro atoms. The summed E-state index contributed by atoms with van der Waals surface area (Å²) >= 11 is 0. The minimum Gasteiger partial charge on any atom is -0.492 e. The van der Waals surface area contributed by atoms with Gasteiger partial charge in [-0.25, -0.2) is 0 Å². The number of rotatable bonds is 13. The van der Waals surface area contributed by atoms with Crippen molar-refractivity contribution in [3.63, 3.8) is 0 Å². The molecule has 1 aromatic carbocycles. The molecular weight excluding hydrogens is 455 g/mol. The fourth-order valence-electron chi connectivity index (χ4n) is 2.41. The molecule has 0 atom stereocenters. The molecule has 0 aliphatic heterocycles. The molecule has 0 saturated carbocycles. The van der Waals surface area contributed by atoms with Crippen molar-refractivity contribution in [1.82, 2.24) is 15.5 Å². The van der Waals surface area contributed by atoms with E-state index in [-0.39, 0.29) is 24.0 Å². The number of likely N-dealkylation sites (N-methyl/N-ethyl adjacent to an activating group) is 1. The van der Waals surface area contributed by atoms with Crippen molar-refractivity contribution in [2.45, 2.75) is 32.7 Å². The van der Waals surface area contributed by atoms with E-state index in [0.29, 0.717) is 6.61 Å². The lowest BCUT2D eigenvalue weighted by Gasteiger charge is -2.16. The number of ether oxygens (including phenoxy) is 2. The smallest absolute Gasteiger partial charge is 0.191 e. The van der Waals surface area contributed by atoms with Gasteiger partial charge in [-0.15, -0.1) is 24.0 Å². The van der Waals surface area contributed by atoms with Crippen LogP contribution < -0.4 is 15.4 Å². The lowest BCUT2D eigenvalue weighted by Crippen LogP contribution is -2.37. The van der Waals surface area contributed by atoms with Crippen molar-refractivity contribution in [1.29, 1.82) is 0 Å². The molecule has 0 heterocycles. The predicted octanol–water partition coefficient (Wildman–Crippen LogP) is 3.12. The van der Waals surface area contributed by atoms with Gasteiger partial charge in [-0.2, -0.15) is 0 Å². The minimum atomic E-state index is 0. The Morgan fingerprint density at radius 3 is 2.63 bits per heavy atom. The highest BCUT2D eigenvalue weighted by Gasteiger charge is 2.02. The first-order valence-electron chi connectivity index (χ1n) is 9.53. The Labute approximate surface area is 182 Å². The predicted molar refractivity (Wildman–Crippen MR) is 124 cm³/mol. The highest BCUT2D eigenvalue weighted by molar-refractivity contribution is 14.0. The molecule has 0 radical (unpaired) electrons. The Balaban J connectivity index is 0.00000676. The first-order valence-corrected chi connectivity index (χ1v) is 9.53. The third-order valence-corrected chi connectivity index (χ3v) is 4.07. The first kappa shape index (κ1) is 25.9. The van der Waals surface area contributed by atoms with Crippen molar-refractivity contribution in [2.24, 2.45) is 4.99 Å². The number of nitrogens with zero attached hydrogens (tertiary/aromatic N) is 2. The Hall–Kier alpha value is -1.06. The van der Waals surface area contributed by atoms with Gasteiger partial charge in [0.2, 0.25) is 0 Å². The summed E-state index contributed by atoms with van der Waals surface area (Å²) in [6, 6.07) is 8.19. The lowest BCUT2D eigenvalue weighted by atomic mass is 10.2. The van der Waals surface area contributed by atoms with Gasteiger partial charge in [0.05, 0.1) is 6.61 Å². The topological polar surface area (TPSA) is 58.1 Å². The van der Waals surface area contributed by atoms with Crippen molar-refractivity contribution >= 4 is 29.9 Å². The number of guanidine groups is 1. The van der Waals surface area contributed by atoms with Crippen LogP contribution >= 0.6 is 24.0 Å². The van der Waals surface area contributed by atoms with Gasteiger partial charge in [0, 0.05) is 40.3 Å². The second kappa shape index (κ2) is 17.1. The molecular formula is C20H37IN4O2. The number of benzene rings is 1. The van der Waals surface area contributed by atoms with E-state index < -0.39 is 0 Å². The van der Waals surface area contributed by atoms with Crippen LogP contribution in [0.4, 0.5) is 0 Å². The zero-order valence-corrected chi connectivity index (χ0v) is 19.6. The third kappa shape index (κ3) is 12.9. The normalized spacial score (nSPS) is 11.2. The van der Waals surface area contributed by atoms with E-state index in [9.17, 15) is 0 Å². The standard InChI is InChI=1S/C20H36N4O2.HI/c1-5-6-7-11-22-20(21-2)23-17-18-9-8-10-19(16-18)26-15-13-24(3)12-14-25-4;/h8-10,16H,5-7,11-15,17H2,1-4H3,(H2,21,22,23);1H. The molecule has 6 nitrogen and oxygen atoms in total. The van der Waals surface area contributed by atoms with Gasteiger partial charge in [0.15, 0.2) is 5.96 Å². The fourth-order valence-corrected chi connectivity index (χ4v) is 2.41. The summed E-state index contributed by atoms with van der Waals surface area (Å²) in [6.07, 6.45) is 3.63. The van der Waals surface area contributed by atoms with E-state index in [4.69, 9.17) is 9.47 Å². The molecule has 7 heteroatoms. The molecule has 0 aromatic heterocycles. The number of aliphatic imine (C=N–C) groups is 1. The maximum atomic E-state index is 5.87. The summed E-state index contributed by atoms with van der Waals surface area (Å²) in [7, 11) is 5.59. The zero-order valence-electron chi connectivity index (χ0n) is 17.3. The zero-order chi connectivity index (χ0) is 19.0. The van der Waals surface area contributed by atoms with Crippen molar-refractivity contribution in [3.05, 3.63) is 29.8 Å². The van der Waals surface area contributed by atoms with Gasteiger partial charge in [0.25, 0.3) is 0 Å². The molecule has 1 rings (SSSR count). The highest BCUT2D eigenvalue weighted by atomic mass is 127. The second-order valence-corrected chi connectivity index (χ2v) is 6.35. The van der Waals surface area contributed by atoms with E-state index >= 15 is 0 Å². The Bertz CT molecular complexity index is 515. The van der Waals surface area contributed by atoms with E-state index in [1.54, 1.807) is 14.2 Å². The molecule has 0 amide bonds. The molecule has 0 saturated heterocycles. The Morgan fingerprint density at radius 2 is 1.93 bits per heavy atom. The van der Waals surface area contributed by atoms with Gasteiger partial charge in [-0.1, -0.05) is 31.9 Å². The summed E-state index contributed by atoms with van der Waals surface area (Å²) in [5.41, 5.74) is 1.17. The van der Waals surface area contributed by atoms with E-state index in [1.165, 1.54) is 24.8 Å². The van der Waals surface area contributed by atoms with E-state index in [1.807, 2.05) is 12.1 Å². The number of unbranched alkanes of at least 4 members (excludes halogenated alkanes) is 2. The SMILES string of the molecule is CCCCCNC(=NC)NCc1cccc(OCCN(C)CCOC)c1.I. The molecule has 0 aliphatic rings. The molecule has 1 aromatic rings. The molecule has 156 valence electrons.